The monoisotopic (exact) mass is 276 g/mol. The maximum absolute atomic E-state index is 11.3. The summed E-state index contributed by atoms with van der Waals surface area (Å²) >= 11 is 0. The van der Waals surface area contributed by atoms with Crippen molar-refractivity contribution in [1.82, 2.24) is 10.6 Å². The first-order valence-corrected chi connectivity index (χ1v) is 6.86. The predicted octanol–water partition coefficient (Wildman–Crippen LogP) is -0.390. The van der Waals surface area contributed by atoms with Gasteiger partial charge in [-0.15, -0.1) is 0 Å². The van der Waals surface area contributed by atoms with E-state index in [1.165, 1.54) is 0 Å². The Morgan fingerprint density at radius 1 is 1.33 bits per heavy atom. The van der Waals surface area contributed by atoms with Gasteiger partial charge in [-0.05, 0) is 13.3 Å². The highest BCUT2D eigenvalue weighted by molar-refractivity contribution is 7.84. The van der Waals surface area contributed by atoms with Gasteiger partial charge in [0.05, 0.1) is 0 Å². The Morgan fingerprint density at radius 3 is 2.44 bits per heavy atom. The highest BCUT2D eigenvalue weighted by atomic mass is 32.2. The van der Waals surface area contributed by atoms with Crippen LogP contribution in [-0.2, 0) is 20.4 Å². The second-order valence-electron chi connectivity index (χ2n) is 3.60. The largest absolute Gasteiger partial charge is 0.478 e. The number of carbonyl (C=O) groups excluding carboxylic acids is 2. The van der Waals surface area contributed by atoms with E-state index in [2.05, 4.69) is 5.32 Å². The maximum Gasteiger partial charge on any atom is 0.328 e. The Balaban J connectivity index is 3.99. The fourth-order valence-electron chi connectivity index (χ4n) is 0.975. The van der Waals surface area contributed by atoms with Gasteiger partial charge in [-0.25, -0.2) is 9.59 Å². The molecule has 0 aromatic carbocycles. The molecule has 0 fully saturated rings. The Hall–Kier alpha value is -1.70. The van der Waals surface area contributed by atoms with E-state index in [0.29, 0.717) is 18.2 Å². The van der Waals surface area contributed by atoms with Gasteiger partial charge >= 0.3 is 12.0 Å². The first kappa shape index (κ1) is 16.3. The summed E-state index contributed by atoms with van der Waals surface area (Å²) in [5, 5.41) is 12.7. The second kappa shape index (κ2) is 8.40. The molecule has 0 spiro atoms. The van der Waals surface area contributed by atoms with Crippen molar-refractivity contribution in [2.75, 3.05) is 12.0 Å². The number of imide groups is 1. The zero-order chi connectivity index (χ0) is 14.1. The van der Waals surface area contributed by atoms with Gasteiger partial charge in [-0.1, -0.05) is 0 Å². The summed E-state index contributed by atoms with van der Waals surface area (Å²) in [7, 11) is -0.935. The molecule has 0 aromatic rings. The predicted molar refractivity (Wildman–Crippen MR) is 66.5 cm³/mol. The van der Waals surface area contributed by atoms with E-state index in [9.17, 15) is 18.6 Å². The average molecular weight is 276 g/mol. The van der Waals surface area contributed by atoms with Gasteiger partial charge in [-0.3, -0.25) is 14.3 Å². The Labute approximate surface area is 107 Å². The first-order chi connectivity index (χ1) is 8.31. The molecule has 0 rings (SSSR count). The fourth-order valence-corrected chi connectivity index (χ4v) is 1.66. The van der Waals surface area contributed by atoms with Crippen molar-refractivity contribution in [3.63, 3.8) is 0 Å². The van der Waals surface area contributed by atoms with Crippen molar-refractivity contribution in [2.45, 2.75) is 19.4 Å². The Morgan fingerprint density at radius 2 is 1.94 bits per heavy atom. The minimum absolute atomic E-state index is 0.231. The van der Waals surface area contributed by atoms with E-state index in [0.717, 1.165) is 6.08 Å². The number of amides is 3. The van der Waals surface area contributed by atoms with Gasteiger partial charge in [0.15, 0.2) is 0 Å². The van der Waals surface area contributed by atoms with Crippen LogP contribution >= 0.6 is 0 Å². The molecule has 3 N–H and O–H groups in total. The molecule has 0 saturated heterocycles. The number of rotatable bonds is 6. The van der Waals surface area contributed by atoms with Gasteiger partial charge in [0.25, 0.3) is 5.91 Å². The van der Waals surface area contributed by atoms with Gasteiger partial charge in [0.1, 0.15) is 0 Å². The standard InChI is InChI=1S/C10H16N2O5S/c1-7(5-6-18(2)17)11-10(16)12-8(13)3-4-9(14)15/h3-4,7H,5-6H2,1-2H3,(H,14,15)(H2,11,12,13,16)/b4-3+. The van der Waals surface area contributed by atoms with Crippen molar-refractivity contribution in [3.05, 3.63) is 12.2 Å². The van der Waals surface area contributed by atoms with E-state index in [-0.39, 0.29) is 6.04 Å². The van der Waals surface area contributed by atoms with E-state index < -0.39 is 28.7 Å². The van der Waals surface area contributed by atoms with Gasteiger partial charge < -0.3 is 10.4 Å². The molecule has 0 radical (unpaired) electrons. The molecular weight excluding hydrogens is 260 g/mol. The number of hydrogen-bond acceptors (Lipinski definition) is 4. The van der Waals surface area contributed by atoms with Gasteiger partial charge in [0, 0.05) is 41.0 Å². The smallest absolute Gasteiger partial charge is 0.328 e. The molecule has 2 unspecified atom stereocenters. The Bertz CT molecular complexity index is 380. The quantitative estimate of drug-likeness (QED) is 0.572. The minimum atomic E-state index is -1.27. The molecule has 0 aliphatic carbocycles. The van der Waals surface area contributed by atoms with Crippen LogP contribution in [0.3, 0.4) is 0 Å². The van der Waals surface area contributed by atoms with Crippen molar-refractivity contribution in [2.24, 2.45) is 0 Å². The molecule has 0 bridgehead atoms. The SMILES string of the molecule is CC(CCS(C)=O)NC(=O)NC(=O)/C=C/C(=O)O. The lowest BCUT2D eigenvalue weighted by Gasteiger charge is -2.12. The van der Waals surface area contributed by atoms with E-state index >= 15 is 0 Å². The normalized spacial score (nSPS) is 13.9. The third-order valence-corrected chi connectivity index (χ3v) is 2.64. The molecule has 0 aliphatic rings. The average Bonchev–Trinajstić information content (AvgIpc) is 2.23. The summed E-state index contributed by atoms with van der Waals surface area (Å²) in [4.78, 5) is 32.4. The van der Waals surface area contributed by atoms with Crippen LogP contribution in [0.1, 0.15) is 13.3 Å². The zero-order valence-electron chi connectivity index (χ0n) is 10.1. The summed E-state index contributed by atoms with van der Waals surface area (Å²) in [6.45, 7) is 1.71. The van der Waals surface area contributed by atoms with Crippen molar-refractivity contribution >= 4 is 28.7 Å². The van der Waals surface area contributed by atoms with Crippen LogP contribution in [0.15, 0.2) is 12.2 Å². The molecule has 3 amide bonds. The molecule has 7 nitrogen and oxygen atoms in total. The van der Waals surface area contributed by atoms with Crippen LogP contribution in [0.2, 0.25) is 0 Å². The zero-order valence-corrected chi connectivity index (χ0v) is 11.0. The van der Waals surface area contributed by atoms with Gasteiger partial charge in [0.2, 0.25) is 0 Å². The summed E-state index contributed by atoms with van der Waals surface area (Å²) in [5.41, 5.74) is 0. The Kier molecular flexibility index (Phi) is 7.61. The fraction of sp³-hybridized carbons (Fsp3) is 0.500. The highest BCUT2D eigenvalue weighted by Gasteiger charge is 2.09. The lowest BCUT2D eigenvalue weighted by Crippen LogP contribution is -2.43. The summed E-state index contributed by atoms with van der Waals surface area (Å²) in [6.07, 6.45) is 3.46. The minimum Gasteiger partial charge on any atom is -0.478 e. The summed E-state index contributed by atoms with van der Waals surface area (Å²) in [5.74, 6) is -1.64. The van der Waals surface area contributed by atoms with Gasteiger partial charge in [-0.2, -0.15) is 0 Å². The molecule has 0 aliphatic heterocycles. The number of carbonyl (C=O) groups is 3. The van der Waals surface area contributed by atoms with E-state index in [1.807, 2.05) is 5.32 Å². The number of hydrogen-bond donors (Lipinski definition) is 3. The number of nitrogens with one attached hydrogen (secondary N) is 2. The molecule has 0 aromatic heterocycles. The lowest BCUT2D eigenvalue weighted by atomic mass is 10.3. The van der Waals surface area contributed by atoms with Crippen LogP contribution in [0, 0.1) is 0 Å². The molecule has 102 valence electrons. The second-order valence-corrected chi connectivity index (χ2v) is 5.16. The molecular formula is C10H16N2O5S. The molecule has 2 atom stereocenters. The van der Waals surface area contributed by atoms with Crippen molar-refractivity contribution in [1.29, 1.82) is 0 Å². The van der Waals surface area contributed by atoms with Crippen molar-refractivity contribution in [3.8, 4) is 0 Å². The number of carboxylic acids is 1. The van der Waals surface area contributed by atoms with Crippen molar-refractivity contribution < 1.29 is 23.7 Å². The first-order valence-electron chi connectivity index (χ1n) is 5.13. The van der Waals surface area contributed by atoms with Crippen LogP contribution in [0.4, 0.5) is 4.79 Å². The van der Waals surface area contributed by atoms with E-state index in [1.54, 1.807) is 13.2 Å². The maximum atomic E-state index is 11.3. The van der Waals surface area contributed by atoms with Crippen LogP contribution < -0.4 is 10.6 Å². The third-order valence-electron chi connectivity index (χ3n) is 1.83. The number of urea groups is 1. The van der Waals surface area contributed by atoms with Crippen LogP contribution in [0.5, 0.6) is 0 Å². The lowest BCUT2D eigenvalue weighted by molar-refractivity contribution is -0.131. The van der Waals surface area contributed by atoms with Crippen LogP contribution in [-0.4, -0.2) is 45.3 Å². The van der Waals surface area contributed by atoms with E-state index in [4.69, 9.17) is 5.11 Å². The summed E-state index contributed by atoms with van der Waals surface area (Å²) in [6, 6.07) is -0.949. The molecule has 0 heterocycles. The molecule has 8 heteroatoms. The topological polar surface area (TPSA) is 113 Å². The number of carboxylic acid groups (broad SMARTS) is 1. The third kappa shape index (κ3) is 9.52. The van der Waals surface area contributed by atoms with Crippen LogP contribution in [0.25, 0.3) is 0 Å². The highest BCUT2D eigenvalue weighted by Crippen LogP contribution is 1.92. The molecule has 0 saturated carbocycles. The number of aliphatic carboxylic acids is 1. The molecule has 18 heavy (non-hydrogen) atoms. The summed E-state index contributed by atoms with van der Waals surface area (Å²) < 4.78 is 10.8.